The van der Waals surface area contributed by atoms with Crippen molar-refractivity contribution in [3.63, 3.8) is 0 Å². The van der Waals surface area contributed by atoms with Gasteiger partial charge < -0.3 is 5.73 Å². The fourth-order valence-corrected chi connectivity index (χ4v) is 6.07. The lowest BCUT2D eigenvalue weighted by Crippen LogP contribution is -2.31. The Bertz CT molecular complexity index is 627. The summed E-state index contributed by atoms with van der Waals surface area (Å²) in [5.41, 5.74) is 7.06. The molecule has 3 aliphatic carbocycles. The molecule has 0 amide bonds. The second-order valence-electron chi connectivity index (χ2n) is 6.64. The largest absolute Gasteiger partial charge is 0.399 e. The van der Waals surface area contributed by atoms with E-state index in [-0.39, 0.29) is 11.8 Å². The van der Waals surface area contributed by atoms with E-state index in [2.05, 4.69) is 4.72 Å². The van der Waals surface area contributed by atoms with Gasteiger partial charge >= 0.3 is 0 Å². The number of benzene rings is 1. The van der Waals surface area contributed by atoms with Crippen LogP contribution in [0.5, 0.6) is 0 Å². The molecule has 4 nitrogen and oxygen atoms in total. The third-order valence-electron chi connectivity index (χ3n) is 5.36. The first-order valence-electron chi connectivity index (χ1n) is 7.38. The smallest absolute Gasteiger partial charge is 0.216 e. The second kappa shape index (κ2) is 4.21. The minimum absolute atomic E-state index is 0.0311. The average Bonchev–Trinajstić information content (AvgIpc) is 2.78. The zero-order chi connectivity index (χ0) is 13.9. The van der Waals surface area contributed by atoms with E-state index in [1.165, 1.54) is 19.3 Å². The molecule has 0 aliphatic heterocycles. The molecule has 20 heavy (non-hydrogen) atoms. The van der Waals surface area contributed by atoms with E-state index in [0.717, 1.165) is 17.4 Å². The highest BCUT2D eigenvalue weighted by atomic mass is 32.2. The van der Waals surface area contributed by atoms with Crippen molar-refractivity contribution in [3.8, 4) is 0 Å². The highest BCUT2D eigenvalue weighted by Crippen LogP contribution is 2.65. The molecule has 3 fully saturated rings. The van der Waals surface area contributed by atoms with Crippen molar-refractivity contribution in [2.24, 2.45) is 23.7 Å². The molecule has 1 aromatic carbocycles. The summed E-state index contributed by atoms with van der Waals surface area (Å²) in [6.07, 6.45) is 3.95. The molecule has 0 radical (unpaired) electrons. The molecule has 0 spiro atoms. The molecule has 1 aromatic rings. The van der Waals surface area contributed by atoms with Crippen molar-refractivity contribution in [1.29, 1.82) is 0 Å². The first-order valence-corrected chi connectivity index (χ1v) is 9.03. The number of nitrogens with one attached hydrogen (secondary N) is 1. The molecule has 3 N–H and O–H groups in total. The summed E-state index contributed by atoms with van der Waals surface area (Å²) in [6.45, 7) is 0. The first kappa shape index (κ1) is 12.7. The number of nitrogen functional groups attached to an aromatic ring is 1. The topological polar surface area (TPSA) is 72.2 Å². The molecule has 2 bridgehead atoms. The fraction of sp³-hybridized carbons (Fsp3) is 0.600. The van der Waals surface area contributed by atoms with Crippen LogP contribution in [0.25, 0.3) is 0 Å². The summed E-state index contributed by atoms with van der Waals surface area (Å²) in [7, 11) is -3.25. The lowest BCUT2D eigenvalue weighted by atomic mass is 10.0. The van der Waals surface area contributed by atoms with Gasteiger partial charge in [0.05, 0.1) is 5.75 Å². The number of fused-ring (bicyclic) bond motifs is 5. The van der Waals surface area contributed by atoms with E-state index in [9.17, 15) is 8.42 Å². The highest BCUT2D eigenvalue weighted by molar-refractivity contribution is 7.88. The molecule has 108 valence electrons. The van der Waals surface area contributed by atoms with E-state index in [4.69, 9.17) is 5.73 Å². The predicted octanol–water partition coefficient (Wildman–Crippen LogP) is 1.73. The molecule has 3 saturated carbocycles. The fourth-order valence-electron chi connectivity index (χ4n) is 4.63. The Labute approximate surface area is 119 Å². The van der Waals surface area contributed by atoms with Crippen LogP contribution in [0.4, 0.5) is 5.69 Å². The molecular weight excluding hydrogens is 272 g/mol. The van der Waals surface area contributed by atoms with Crippen LogP contribution in [-0.4, -0.2) is 14.5 Å². The van der Waals surface area contributed by atoms with Crippen molar-refractivity contribution in [3.05, 3.63) is 29.8 Å². The van der Waals surface area contributed by atoms with E-state index in [0.29, 0.717) is 17.5 Å². The van der Waals surface area contributed by atoms with Crippen molar-refractivity contribution < 1.29 is 8.42 Å². The maximum atomic E-state index is 12.3. The van der Waals surface area contributed by atoms with Crippen molar-refractivity contribution in [1.82, 2.24) is 4.72 Å². The zero-order valence-corrected chi connectivity index (χ0v) is 12.1. The number of sulfonamides is 1. The van der Waals surface area contributed by atoms with Gasteiger partial charge in [0.2, 0.25) is 10.0 Å². The Morgan fingerprint density at radius 1 is 1.20 bits per heavy atom. The van der Waals surface area contributed by atoms with Crippen molar-refractivity contribution >= 4 is 15.7 Å². The van der Waals surface area contributed by atoms with Crippen molar-refractivity contribution in [2.45, 2.75) is 31.1 Å². The third kappa shape index (κ3) is 2.04. The maximum absolute atomic E-state index is 12.3. The van der Waals surface area contributed by atoms with E-state index >= 15 is 0 Å². The minimum Gasteiger partial charge on any atom is -0.399 e. The van der Waals surface area contributed by atoms with E-state index in [1.807, 2.05) is 6.07 Å². The molecule has 5 heteroatoms. The van der Waals surface area contributed by atoms with Crippen LogP contribution in [0.15, 0.2) is 24.3 Å². The molecule has 0 saturated heterocycles. The molecule has 4 unspecified atom stereocenters. The molecular formula is C15H20N2O2S. The lowest BCUT2D eigenvalue weighted by Gasteiger charge is -2.11. The summed E-state index contributed by atoms with van der Waals surface area (Å²) in [5.74, 6) is 2.85. The first-order chi connectivity index (χ1) is 9.53. The van der Waals surface area contributed by atoms with Crippen LogP contribution in [0.2, 0.25) is 0 Å². The minimum atomic E-state index is -3.25. The van der Waals surface area contributed by atoms with Gasteiger partial charge in [0.15, 0.2) is 0 Å². The van der Waals surface area contributed by atoms with Gasteiger partial charge in [0.25, 0.3) is 0 Å². The Kier molecular flexibility index (Phi) is 2.67. The van der Waals surface area contributed by atoms with Gasteiger partial charge in [-0.2, -0.15) is 0 Å². The van der Waals surface area contributed by atoms with Crippen LogP contribution in [0.1, 0.15) is 24.8 Å². The Morgan fingerprint density at radius 2 is 1.90 bits per heavy atom. The van der Waals surface area contributed by atoms with Gasteiger partial charge in [-0.15, -0.1) is 0 Å². The Morgan fingerprint density at radius 3 is 2.55 bits per heavy atom. The molecule has 4 rings (SSSR count). The summed E-state index contributed by atoms with van der Waals surface area (Å²) in [5, 5.41) is 0. The highest BCUT2D eigenvalue weighted by Gasteiger charge is 2.65. The van der Waals surface area contributed by atoms with Crippen LogP contribution >= 0.6 is 0 Å². The summed E-state index contributed by atoms with van der Waals surface area (Å²) < 4.78 is 27.5. The van der Waals surface area contributed by atoms with Gasteiger partial charge in [-0.05, 0) is 60.6 Å². The SMILES string of the molecule is Nc1cccc(CS(=O)(=O)NC2C3C4CCC(C4)C23)c1. The number of anilines is 1. The Hall–Kier alpha value is -1.07. The number of nitrogens with two attached hydrogens (primary N) is 1. The lowest BCUT2D eigenvalue weighted by molar-refractivity contribution is 0.456. The van der Waals surface area contributed by atoms with Gasteiger partial charge in [-0.3, -0.25) is 0 Å². The molecule has 0 heterocycles. The van der Waals surface area contributed by atoms with Gasteiger partial charge in [-0.25, -0.2) is 13.1 Å². The van der Waals surface area contributed by atoms with Crippen LogP contribution in [0, 0.1) is 23.7 Å². The molecule has 0 aromatic heterocycles. The zero-order valence-electron chi connectivity index (χ0n) is 11.3. The quantitative estimate of drug-likeness (QED) is 0.830. The molecule has 3 aliphatic rings. The van der Waals surface area contributed by atoms with E-state index < -0.39 is 10.0 Å². The second-order valence-corrected chi connectivity index (χ2v) is 8.39. The van der Waals surface area contributed by atoms with E-state index in [1.54, 1.807) is 18.2 Å². The summed E-state index contributed by atoms with van der Waals surface area (Å²) >= 11 is 0. The van der Waals surface area contributed by atoms with Gasteiger partial charge in [0, 0.05) is 11.7 Å². The van der Waals surface area contributed by atoms with Crippen LogP contribution in [0.3, 0.4) is 0 Å². The number of rotatable bonds is 4. The predicted molar refractivity (Wildman–Crippen MR) is 78.2 cm³/mol. The molecule has 4 atom stereocenters. The third-order valence-corrected chi connectivity index (χ3v) is 6.70. The average molecular weight is 292 g/mol. The van der Waals surface area contributed by atoms with Gasteiger partial charge in [0.1, 0.15) is 0 Å². The number of hydrogen-bond acceptors (Lipinski definition) is 3. The summed E-state index contributed by atoms with van der Waals surface area (Å²) in [6, 6.07) is 7.33. The Balaban J connectivity index is 1.44. The van der Waals surface area contributed by atoms with Gasteiger partial charge in [-0.1, -0.05) is 12.1 Å². The van der Waals surface area contributed by atoms with Crippen molar-refractivity contribution in [2.75, 3.05) is 5.73 Å². The monoisotopic (exact) mass is 292 g/mol. The maximum Gasteiger partial charge on any atom is 0.216 e. The number of hydrogen-bond donors (Lipinski definition) is 2. The normalized spacial score (nSPS) is 37.9. The summed E-state index contributed by atoms with van der Waals surface area (Å²) in [4.78, 5) is 0. The van der Waals surface area contributed by atoms with Crippen LogP contribution < -0.4 is 10.5 Å². The van der Waals surface area contributed by atoms with Crippen LogP contribution in [-0.2, 0) is 15.8 Å². The standard InChI is InChI=1S/C15H20N2O2S/c16-12-3-1-2-9(6-12)8-20(18,19)17-15-13-10-4-5-11(7-10)14(13)15/h1-3,6,10-11,13-15,17H,4-5,7-8,16H2.